The molecule has 2 aromatic heterocycles. The lowest BCUT2D eigenvalue weighted by Crippen LogP contribution is -2.38. The zero-order valence-corrected chi connectivity index (χ0v) is 21.1. The first-order valence-corrected chi connectivity index (χ1v) is 12.7. The Hall–Kier alpha value is -3.59. The zero-order chi connectivity index (χ0) is 26.1. The van der Waals surface area contributed by atoms with Crippen molar-refractivity contribution in [2.75, 3.05) is 19.6 Å². The van der Waals surface area contributed by atoms with Crippen molar-refractivity contribution in [3.05, 3.63) is 98.5 Å². The van der Waals surface area contributed by atoms with Gasteiger partial charge in [0.15, 0.2) is 11.2 Å². The van der Waals surface area contributed by atoms with Crippen LogP contribution in [0.3, 0.4) is 0 Å². The molecule has 4 aromatic rings. The predicted molar refractivity (Wildman–Crippen MR) is 139 cm³/mol. The molecule has 3 heterocycles. The molecule has 2 aromatic carbocycles. The maximum Gasteiger partial charge on any atom is 0.332 e. The molecule has 194 valence electrons. The van der Waals surface area contributed by atoms with E-state index in [1.165, 1.54) is 35.9 Å². The number of aromatic nitrogens is 4. The number of rotatable bonds is 7. The van der Waals surface area contributed by atoms with E-state index in [0.29, 0.717) is 23.6 Å². The number of fused-ring (bicyclic) bond motifs is 1. The van der Waals surface area contributed by atoms with Crippen LogP contribution in [0, 0.1) is 17.6 Å². The summed E-state index contributed by atoms with van der Waals surface area (Å²) in [5.74, 6) is -0.0676. The van der Waals surface area contributed by atoms with Gasteiger partial charge >= 0.3 is 5.69 Å². The van der Waals surface area contributed by atoms with Crippen LogP contribution in [0.15, 0.2) is 64.4 Å². The average Bonchev–Trinajstić information content (AvgIpc) is 3.33. The van der Waals surface area contributed by atoms with Crippen molar-refractivity contribution in [3.63, 3.8) is 0 Å². The maximum absolute atomic E-state index is 13.6. The Morgan fingerprint density at radius 1 is 0.865 bits per heavy atom. The lowest BCUT2D eigenvalue weighted by Gasteiger charge is -2.36. The second-order valence-corrected chi connectivity index (χ2v) is 9.93. The van der Waals surface area contributed by atoms with Crippen LogP contribution in [0.4, 0.5) is 8.78 Å². The van der Waals surface area contributed by atoms with Crippen LogP contribution < -0.4 is 11.2 Å². The van der Waals surface area contributed by atoms with E-state index < -0.39 is 0 Å². The van der Waals surface area contributed by atoms with Crippen LogP contribution in [0.5, 0.6) is 0 Å². The molecule has 0 saturated carbocycles. The van der Waals surface area contributed by atoms with Crippen molar-refractivity contribution in [1.82, 2.24) is 23.6 Å². The highest BCUT2D eigenvalue weighted by Gasteiger charge is 2.29. The summed E-state index contributed by atoms with van der Waals surface area (Å²) in [6.07, 6.45) is 4.45. The highest BCUT2D eigenvalue weighted by molar-refractivity contribution is 5.69. The van der Waals surface area contributed by atoms with Crippen molar-refractivity contribution in [3.8, 4) is 0 Å². The first-order valence-electron chi connectivity index (χ1n) is 12.7. The molecule has 1 aliphatic heterocycles. The number of hydrogen-bond donors (Lipinski definition) is 0. The molecule has 1 aliphatic rings. The highest BCUT2D eigenvalue weighted by Crippen LogP contribution is 2.38. The van der Waals surface area contributed by atoms with E-state index in [2.05, 4.69) is 9.88 Å². The first-order chi connectivity index (χ1) is 17.8. The van der Waals surface area contributed by atoms with Crippen molar-refractivity contribution in [1.29, 1.82) is 0 Å². The van der Waals surface area contributed by atoms with Gasteiger partial charge in [0.1, 0.15) is 11.6 Å². The van der Waals surface area contributed by atoms with Gasteiger partial charge in [0.25, 0.3) is 5.56 Å². The molecule has 7 nitrogen and oxygen atoms in total. The molecular formula is C28H31F2N5O2. The Bertz CT molecular complexity index is 1450. The Labute approximate surface area is 213 Å². The van der Waals surface area contributed by atoms with Crippen LogP contribution in [0.1, 0.15) is 36.3 Å². The fraction of sp³-hybridized carbons (Fsp3) is 0.393. The van der Waals surface area contributed by atoms with Crippen LogP contribution >= 0.6 is 0 Å². The van der Waals surface area contributed by atoms with Gasteiger partial charge in [-0.25, -0.2) is 18.6 Å². The van der Waals surface area contributed by atoms with Crippen molar-refractivity contribution < 1.29 is 8.78 Å². The van der Waals surface area contributed by atoms with E-state index in [0.717, 1.165) is 54.6 Å². The minimum Gasteiger partial charge on any atom is -0.325 e. The molecule has 1 fully saturated rings. The van der Waals surface area contributed by atoms with E-state index >= 15 is 0 Å². The summed E-state index contributed by atoms with van der Waals surface area (Å²) in [4.78, 5) is 31.5. The third-order valence-electron chi connectivity index (χ3n) is 7.65. The molecule has 0 atom stereocenters. The number of piperidine rings is 1. The van der Waals surface area contributed by atoms with Gasteiger partial charge in [-0.3, -0.25) is 13.9 Å². The Morgan fingerprint density at radius 3 is 2.00 bits per heavy atom. The average molecular weight is 508 g/mol. The summed E-state index contributed by atoms with van der Waals surface area (Å²) in [5.41, 5.74) is 2.24. The van der Waals surface area contributed by atoms with Gasteiger partial charge in [-0.05, 0) is 80.2 Å². The lowest BCUT2D eigenvalue weighted by atomic mass is 9.76. The molecule has 5 rings (SSSR count). The molecule has 1 saturated heterocycles. The minimum atomic E-state index is -0.384. The second-order valence-electron chi connectivity index (χ2n) is 9.93. The third-order valence-corrected chi connectivity index (χ3v) is 7.65. The van der Waals surface area contributed by atoms with Gasteiger partial charge in [0, 0.05) is 26.6 Å². The molecule has 0 N–H and O–H groups in total. The number of imidazole rings is 1. The fourth-order valence-corrected chi connectivity index (χ4v) is 5.62. The number of hydrogen-bond acceptors (Lipinski definition) is 4. The fourth-order valence-electron chi connectivity index (χ4n) is 5.62. The topological polar surface area (TPSA) is 65.1 Å². The van der Waals surface area contributed by atoms with E-state index in [9.17, 15) is 18.4 Å². The Kier molecular flexibility index (Phi) is 7.06. The molecular weight excluding hydrogens is 476 g/mol. The number of nitrogens with zero attached hydrogens (tertiary/aromatic N) is 5. The van der Waals surface area contributed by atoms with Crippen molar-refractivity contribution in [2.24, 2.45) is 20.0 Å². The summed E-state index contributed by atoms with van der Waals surface area (Å²) in [6.45, 7) is 3.39. The van der Waals surface area contributed by atoms with Crippen LogP contribution in [-0.2, 0) is 20.6 Å². The maximum atomic E-state index is 13.6. The van der Waals surface area contributed by atoms with Gasteiger partial charge in [-0.15, -0.1) is 0 Å². The molecule has 0 amide bonds. The van der Waals surface area contributed by atoms with Crippen LogP contribution in [0.2, 0.25) is 0 Å². The lowest BCUT2D eigenvalue weighted by molar-refractivity contribution is 0.171. The highest BCUT2D eigenvalue weighted by atomic mass is 19.1. The normalized spacial score (nSPS) is 15.2. The van der Waals surface area contributed by atoms with Gasteiger partial charge in [-0.1, -0.05) is 24.3 Å². The molecule has 0 bridgehead atoms. The molecule has 9 heteroatoms. The van der Waals surface area contributed by atoms with E-state index in [1.807, 2.05) is 28.8 Å². The number of benzene rings is 2. The van der Waals surface area contributed by atoms with Gasteiger partial charge in [0.05, 0.1) is 6.33 Å². The van der Waals surface area contributed by atoms with Crippen LogP contribution in [0.25, 0.3) is 11.2 Å². The van der Waals surface area contributed by atoms with Gasteiger partial charge < -0.3 is 9.47 Å². The van der Waals surface area contributed by atoms with Gasteiger partial charge in [0.2, 0.25) is 0 Å². The summed E-state index contributed by atoms with van der Waals surface area (Å²) >= 11 is 0. The molecule has 0 spiro atoms. The van der Waals surface area contributed by atoms with E-state index in [4.69, 9.17) is 0 Å². The predicted octanol–water partition coefficient (Wildman–Crippen LogP) is 3.65. The number of likely N-dealkylation sites (tertiary alicyclic amines) is 1. The summed E-state index contributed by atoms with van der Waals surface area (Å²) in [7, 11) is 3.10. The first kappa shape index (κ1) is 25.1. The Balaban J connectivity index is 1.24. The van der Waals surface area contributed by atoms with Crippen molar-refractivity contribution in [2.45, 2.75) is 31.7 Å². The summed E-state index contributed by atoms with van der Waals surface area (Å²) in [6, 6.07) is 13.3. The van der Waals surface area contributed by atoms with Crippen molar-refractivity contribution >= 4 is 11.2 Å². The quantitative estimate of drug-likeness (QED) is 0.383. The summed E-state index contributed by atoms with van der Waals surface area (Å²) in [5, 5.41) is 0. The third kappa shape index (κ3) is 5.00. The molecule has 0 unspecified atom stereocenters. The van der Waals surface area contributed by atoms with E-state index in [-0.39, 0.29) is 28.8 Å². The monoisotopic (exact) mass is 507 g/mol. The standard InChI is InChI=1S/C28H31F2N5O2/c1-32-26-25(27(36)33(2)28(32)37)35(18-31-26)15-3-14-34-16-12-21(13-17-34)24(19-4-8-22(29)9-5-19)20-6-10-23(30)11-7-20/h4-11,18,21,24H,3,12-17H2,1-2H3. The molecule has 37 heavy (non-hydrogen) atoms. The Morgan fingerprint density at radius 2 is 1.43 bits per heavy atom. The zero-order valence-electron chi connectivity index (χ0n) is 21.1. The van der Waals surface area contributed by atoms with Gasteiger partial charge in [-0.2, -0.15) is 0 Å². The second kappa shape index (κ2) is 10.4. The minimum absolute atomic E-state index is 0.0866. The van der Waals surface area contributed by atoms with E-state index in [1.54, 1.807) is 13.4 Å². The largest absolute Gasteiger partial charge is 0.332 e. The smallest absolute Gasteiger partial charge is 0.325 e. The molecule has 0 radical (unpaired) electrons. The number of aryl methyl sites for hydroxylation is 2. The SMILES string of the molecule is Cn1c(=O)c2c(ncn2CCCN2CCC(C(c3ccc(F)cc3)c3ccc(F)cc3)CC2)n(C)c1=O. The summed E-state index contributed by atoms with van der Waals surface area (Å²) < 4.78 is 31.5. The number of halogens is 2. The van der Waals surface area contributed by atoms with Crippen LogP contribution in [-0.4, -0.2) is 43.2 Å². The molecule has 0 aliphatic carbocycles.